The first-order chi connectivity index (χ1) is 8.56. The van der Waals surface area contributed by atoms with Crippen molar-refractivity contribution in [2.24, 2.45) is 4.99 Å². The van der Waals surface area contributed by atoms with Gasteiger partial charge in [0.25, 0.3) is 0 Å². The molecule has 0 aliphatic heterocycles. The van der Waals surface area contributed by atoms with Gasteiger partial charge in [0, 0.05) is 5.02 Å². The highest BCUT2D eigenvalue weighted by atomic mass is 35.5. The minimum Gasteiger partial charge on any atom is -0.493 e. The fourth-order valence-corrected chi connectivity index (χ4v) is 2.73. The molecule has 0 aliphatic rings. The number of nitrogens with one attached hydrogen (secondary N) is 1. The van der Waals surface area contributed by atoms with Crippen molar-refractivity contribution in [1.82, 2.24) is 4.98 Å². The maximum absolute atomic E-state index is 9.63. The van der Waals surface area contributed by atoms with Crippen molar-refractivity contribution >= 4 is 40.9 Å². The number of aromatic hydroxyl groups is 1. The maximum atomic E-state index is 9.63. The van der Waals surface area contributed by atoms with Gasteiger partial charge in [0.05, 0.1) is 12.3 Å². The first-order valence-electron chi connectivity index (χ1n) is 5.24. The molecule has 3 nitrogen and oxygen atoms in total. The van der Waals surface area contributed by atoms with E-state index in [9.17, 15) is 5.11 Å². The largest absolute Gasteiger partial charge is 0.493 e. The van der Waals surface area contributed by atoms with Gasteiger partial charge in [-0.3, -0.25) is 4.99 Å². The third-order valence-electron chi connectivity index (χ3n) is 2.35. The third-order valence-corrected chi connectivity index (χ3v) is 3.91. The number of rotatable bonds is 3. The number of thiazole rings is 1. The molecule has 0 radical (unpaired) electrons. The molecule has 0 saturated carbocycles. The first-order valence-corrected chi connectivity index (χ1v) is 6.84. The molecule has 0 unspecified atom stereocenters. The van der Waals surface area contributed by atoms with Crippen molar-refractivity contribution in [3.63, 3.8) is 0 Å². The van der Waals surface area contributed by atoms with E-state index in [1.807, 2.05) is 31.2 Å². The van der Waals surface area contributed by atoms with Crippen LogP contribution in [-0.4, -0.2) is 15.8 Å². The fourth-order valence-electron chi connectivity index (χ4n) is 1.48. The average molecular weight is 299 g/mol. The quantitative estimate of drug-likeness (QED) is 0.660. The molecule has 2 aromatic rings. The van der Waals surface area contributed by atoms with Crippen molar-refractivity contribution in [3.8, 4) is 5.88 Å². The van der Waals surface area contributed by atoms with Crippen molar-refractivity contribution < 1.29 is 5.11 Å². The number of H-pyrrole nitrogens is 1. The Hall–Kier alpha value is -1.17. The normalized spacial score (nSPS) is 11.8. The molecule has 1 aromatic carbocycles. The van der Waals surface area contributed by atoms with Gasteiger partial charge in [-0.15, -0.1) is 0 Å². The third kappa shape index (κ3) is 3.19. The van der Waals surface area contributed by atoms with Gasteiger partial charge < -0.3 is 10.1 Å². The van der Waals surface area contributed by atoms with Crippen LogP contribution in [0.5, 0.6) is 5.88 Å². The Morgan fingerprint density at radius 1 is 1.56 bits per heavy atom. The van der Waals surface area contributed by atoms with Crippen molar-refractivity contribution in [1.29, 1.82) is 0 Å². The van der Waals surface area contributed by atoms with Gasteiger partial charge in [-0.1, -0.05) is 35.1 Å². The highest BCUT2D eigenvalue weighted by Gasteiger charge is 2.07. The molecule has 0 amide bonds. The molecule has 0 saturated heterocycles. The Balaban J connectivity index is 2.19. The SMILES string of the molecule is CC(=NCc1cccc(Cl)c1)c1sc(=S)[nH]c1O. The molecule has 1 heterocycles. The Morgan fingerprint density at radius 2 is 2.33 bits per heavy atom. The van der Waals surface area contributed by atoms with Gasteiger partial charge in [-0.2, -0.15) is 0 Å². The van der Waals surface area contributed by atoms with Crippen LogP contribution in [0.4, 0.5) is 0 Å². The lowest BCUT2D eigenvalue weighted by atomic mass is 10.2. The number of hydrogen-bond donors (Lipinski definition) is 2. The van der Waals surface area contributed by atoms with Gasteiger partial charge >= 0.3 is 0 Å². The standard InChI is InChI=1S/C12H11ClN2OS2/c1-7(10-11(16)15-12(17)18-10)14-6-8-3-2-4-9(13)5-8/h2-5,16H,6H2,1H3,(H,15,17). The molecule has 94 valence electrons. The number of benzene rings is 1. The molecule has 0 aliphatic carbocycles. The number of halogens is 1. The van der Waals surface area contributed by atoms with Crippen LogP contribution < -0.4 is 0 Å². The lowest BCUT2D eigenvalue weighted by Crippen LogP contribution is -1.93. The molecule has 0 bridgehead atoms. The Labute approximate surface area is 119 Å². The molecular weight excluding hydrogens is 288 g/mol. The predicted octanol–water partition coefficient (Wildman–Crippen LogP) is 4.17. The van der Waals surface area contributed by atoms with E-state index in [1.54, 1.807) is 0 Å². The van der Waals surface area contributed by atoms with Gasteiger partial charge in [0.1, 0.15) is 4.88 Å². The summed E-state index contributed by atoms with van der Waals surface area (Å²) in [5.74, 6) is 0.0809. The summed E-state index contributed by atoms with van der Waals surface area (Å²) >= 11 is 12.2. The molecule has 6 heteroatoms. The van der Waals surface area contributed by atoms with E-state index >= 15 is 0 Å². The molecule has 2 N–H and O–H groups in total. The summed E-state index contributed by atoms with van der Waals surface area (Å²) in [5.41, 5.74) is 1.78. The van der Waals surface area contributed by atoms with Gasteiger partial charge in [-0.05, 0) is 36.8 Å². The highest BCUT2D eigenvalue weighted by Crippen LogP contribution is 2.22. The zero-order valence-corrected chi connectivity index (χ0v) is 12.0. The van der Waals surface area contributed by atoms with Crippen LogP contribution in [0, 0.1) is 3.95 Å². The summed E-state index contributed by atoms with van der Waals surface area (Å²) in [6, 6.07) is 7.55. The van der Waals surface area contributed by atoms with Gasteiger partial charge in [0.2, 0.25) is 5.88 Å². The van der Waals surface area contributed by atoms with E-state index in [0.717, 1.165) is 11.3 Å². The summed E-state index contributed by atoms with van der Waals surface area (Å²) in [4.78, 5) is 7.79. The van der Waals surface area contributed by atoms with E-state index in [2.05, 4.69) is 9.98 Å². The van der Waals surface area contributed by atoms with Crippen LogP contribution in [0.25, 0.3) is 0 Å². The van der Waals surface area contributed by atoms with E-state index in [-0.39, 0.29) is 5.88 Å². The molecule has 1 aromatic heterocycles. The van der Waals surface area contributed by atoms with Crippen molar-refractivity contribution in [3.05, 3.63) is 43.7 Å². The second-order valence-electron chi connectivity index (χ2n) is 3.72. The summed E-state index contributed by atoms with van der Waals surface area (Å²) in [5, 5.41) is 10.3. The second kappa shape index (κ2) is 5.65. The lowest BCUT2D eigenvalue weighted by Gasteiger charge is -2.00. The van der Waals surface area contributed by atoms with Gasteiger partial charge in [0.15, 0.2) is 3.95 Å². The van der Waals surface area contributed by atoms with E-state index in [0.29, 0.717) is 20.4 Å². The second-order valence-corrected chi connectivity index (χ2v) is 5.85. The lowest BCUT2D eigenvalue weighted by molar-refractivity contribution is 0.456. The van der Waals surface area contributed by atoms with E-state index < -0.39 is 0 Å². The molecule has 0 atom stereocenters. The monoisotopic (exact) mass is 298 g/mol. The molecule has 18 heavy (non-hydrogen) atoms. The van der Waals surface area contributed by atoms with Crippen LogP contribution in [0.3, 0.4) is 0 Å². The van der Waals surface area contributed by atoms with Gasteiger partial charge in [-0.25, -0.2) is 0 Å². The molecular formula is C12H11ClN2OS2. The smallest absolute Gasteiger partial charge is 0.209 e. The number of aliphatic imine (C=N–C) groups is 1. The highest BCUT2D eigenvalue weighted by molar-refractivity contribution is 7.73. The number of aromatic amines is 1. The Kier molecular flexibility index (Phi) is 4.16. The van der Waals surface area contributed by atoms with E-state index in [4.69, 9.17) is 23.8 Å². The molecule has 2 rings (SSSR count). The van der Waals surface area contributed by atoms with Crippen molar-refractivity contribution in [2.75, 3.05) is 0 Å². The maximum Gasteiger partial charge on any atom is 0.209 e. The van der Waals surface area contributed by atoms with Crippen LogP contribution in [0.15, 0.2) is 29.3 Å². The topological polar surface area (TPSA) is 48.4 Å². The van der Waals surface area contributed by atoms with Crippen molar-refractivity contribution in [2.45, 2.75) is 13.5 Å². The van der Waals surface area contributed by atoms with Crippen LogP contribution in [0.1, 0.15) is 17.4 Å². The predicted molar refractivity (Wildman–Crippen MR) is 78.5 cm³/mol. The number of hydrogen-bond acceptors (Lipinski definition) is 4. The summed E-state index contributed by atoms with van der Waals surface area (Å²) < 4.78 is 0.541. The molecule has 0 fully saturated rings. The zero-order valence-electron chi connectivity index (χ0n) is 9.61. The van der Waals surface area contributed by atoms with Crippen LogP contribution in [0.2, 0.25) is 5.02 Å². The zero-order chi connectivity index (χ0) is 13.1. The minimum atomic E-state index is 0.0809. The minimum absolute atomic E-state index is 0.0809. The summed E-state index contributed by atoms with van der Waals surface area (Å²) in [7, 11) is 0. The summed E-state index contributed by atoms with van der Waals surface area (Å²) in [6.07, 6.45) is 0. The molecule has 0 spiro atoms. The number of aromatic nitrogens is 1. The number of nitrogens with zero attached hydrogens (tertiary/aromatic N) is 1. The van der Waals surface area contributed by atoms with E-state index in [1.165, 1.54) is 11.3 Å². The fraction of sp³-hybridized carbons (Fsp3) is 0.167. The first kappa shape index (κ1) is 13.3. The van der Waals surface area contributed by atoms with Crippen LogP contribution >= 0.6 is 35.2 Å². The van der Waals surface area contributed by atoms with Crippen LogP contribution in [-0.2, 0) is 6.54 Å². The average Bonchev–Trinajstić information content (AvgIpc) is 2.66. The Morgan fingerprint density at radius 3 is 2.94 bits per heavy atom. The Bertz CT molecular complexity index is 646. The summed E-state index contributed by atoms with van der Waals surface area (Å²) in [6.45, 7) is 2.37.